The van der Waals surface area contributed by atoms with Gasteiger partial charge >= 0.3 is 0 Å². The Balaban J connectivity index is 1.80. The Hall–Kier alpha value is -4.14. The quantitative estimate of drug-likeness (QED) is 0.364. The van der Waals surface area contributed by atoms with Gasteiger partial charge in [-0.3, -0.25) is 19.4 Å². The molecule has 0 amide bonds. The standard InChI is InChI=1S/C25H23N3O6/c1-32-17-9-12(10-18(33-2)22(17)30)19-20-24(28(27-25(20)31)13-5-3-4-6-13)26-21-15-8-7-14(29)11-16(15)34-23(19)21/h7-11,13,26,30H,3-6H2,1-2H3,(H,27,31). The van der Waals surface area contributed by atoms with Crippen LogP contribution in [0.25, 0.3) is 44.2 Å². The zero-order chi connectivity index (χ0) is 23.6. The third-order valence-electron chi connectivity index (χ3n) is 6.77. The maximum absolute atomic E-state index is 13.3. The highest BCUT2D eigenvalue weighted by Gasteiger charge is 2.27. The van der Waals surface area contributed by atoms with Crippen LogP contribution in [0, 0.1) is 0 Å². The van der Waals surface area contributed by atoms with Crippen LogP contribution in [0.2, 0.25) is 0 Å². The Bertz CT molecular complexity index is 1670. The highest BCUT2D eigenvalue weighted by Crippen LogP contribution is 2.45. The monoisotopic (exact) mass is 461 g/mol. The lowest BCUT2D eigenvalue weighted by molar-refractivity contribution is 0.340. The van der Waals surface area contributed by atoms with Gasteiger partial charge in [0, 0.05) is 17.0 Å². The third kappa shape index (κ3) is 2.86. The summed E-state index contributed by atoms with van der Waals surface area (Å²) < 4.78 is 18.8. The van der Waals surface area contributed by atoms with Crippen molar-refractivity contribution in [2.45, 2.75) is 31.7 Å². The summed E-state index contributed by atoms with van der Waals surface area (Å²) in [6.45, 7) is 0. The number of fused-ring (bicyclic) bond motifs is 4. The summed E-state index contributed by atoms with van der Waals surface area (Å²) in [5, 5.41) is 14.6. The van der Waals surface area contributed by atoms with Crippen LogP contribution in [0.5, 0.6) is 17.2 Å². The fraction of sp³-hybridized carbons (Fsp3) is 0.280. The number of ether oxygens (including phenoxy) is 2. The molecule has 0 aliphatic heterocycles. The summed E-state index contributed by atoms with van der Waals surface area (Å²) in [7, 11) is 2.89. The zero-order valence-corrected chi connectivity index (χ0v) is 18.7. The molecule has 0 atom stereocenters. The third-order valence-corrected chi connectivity index (χ3v) is 6.77. The minimum absolute atomic E-state index is 0.137. The van der Waals surface area contributed by atoms with Gasteiger partial charge in [-0.1, -0.05) is 12.8 Å². The summed E-state index contributed by atoms with van der Waals surface area (Å²) in [6.07, 6.45) is 4.17. The van der Waals surface area contributed by atoms with E-state index in [1.54, 1.807) is 18.2 Å². The second kappa shape index (κ2) is 7.44. The number of benzene rings is 2. The summed E-state index contributed by atoms with van der Waals surface area (Å²) >= 11 is 0. The van der Waals surface area contributed by atoms with Crippen molar-refractivity contribution >= 4 is 33.1 Å². The average molecular weight is 461 g/mol. The lowest BCUT2D eigenvalue weighted by Crippen LogP contribution is -2.10. The maximum atomic E-state index is 13.3. The van der Waals surface area contributed by atoms with E-state index in [-0.39, 0.29) is 34.3 Å². The number of H-pyrrole nitrogens is 2. The van der Waals surface area contributed by atoms with E-state index >= 15 is 0 Å². The SMILES string of the molecule is COc1cc(-c2c3oc4cc(=O)ccc4c3[nH]c3c2c(=O)[nH]n3C2CCCC2)cc(OC)c1O. The van der Waals surface area contributed by atoms with Gasteiger partial charge in [0.2, 0.25) is 5.75 Å². The average Bonchev–Trinajstić information content (AvgIpc) is 3.55. The highest BCUT2D eigenvalue weighted by atomic mass is 16.5. The molecule has 3 aromatic heterocycles. The van der Waals surface area contributed by atoms with E-state index in [0.29, 0.717) is 38.8 Å². The molecule has 1 fully saturated rings. The minimum atomic E-state index is -0.258. The molecule has 0 radical (unpaired) electrons. The van der Waals surface area contributed by atoms with Gasteiger partial charge < -0.3 is 24.0 Å². The van der Waals surface area contributed by atoms with Gasteiger partial charge in [0.05, 0.1) is 31.2 Å². The Morgan fingerprint density at radius 1 is 1.06 bits per heavy atom. The normalized spacial score (nSPS) is 14.5. The molecule has 34 heavy (non-hydrogen) atoms. The molecule has 1 saturated carbocycles. The number of aromatic hydroxyl groups is 1. The maximum Gasteiger partial charge on any atom is 0.274 e. The number of methoxy groups -OCH3 is 2. The lowest BCUT2D eigenvalue weighted by Gasteiger charge is -2.14. The van der Waals surface area contributed by atoms with Crippen LogP contribution in [0.4, 0.5) is 0 Å². The molecule has 0 unspecified atom stereocenters. The molecular formula is C25H23N3O6. The number of nitrogens with one attached hydrogen (secondary N) is 2. The molecule has 6 rings (SSSR count). The molecule has 0 spiro atoms. The number of hydrogen-bond acceptors (Lipinski definition) is 6. The van der Waals surface area contributed by atoms with E-state index in [2.05, 4.69) is 10.1 Å². The smallest absolute Gasteiger partial charge is 0.274 e. The van der Waals surface area contributed by atoms with Crippen molar-refractivity contribution in [3.05, 3.63) is 50.9 Å². The van der Waals surface area contributed by atoms with Crippen LogP contribution >= 0.6 is 0 Å². The number of hydrogen-bond donors (Lipinski definition) is 3. The number of aromatic nitrogens is 3. The number of furan rings is 1. The molecule has 2 aromatic carbocycles. The number of rotatable bonds is 4. The Morgan fingerprint density at radius 3 is 2.44 bits per heavy atom. The Labute approximate surface area is 192 Å². The van der Waals surface area contributed by atoms with E-state index < -0.39 is 0 Å². The zero-order valence-electron chi connectivity index (χ0n) is 18.7. The summed E-state index contributed by atoms with van der Waals surface area (Å²) in [5.74, 6) is 0.267. The highest BCUT2D eigenvalue weighted by molar-refractivity contribution is 6.14. The van der Waals surface area contributed by atoms with Crippen LogP contribution in [0.15, 0.2) is 44.3 Å². The van der Waals surface area contributed by atoms with Crippen molar-refractivity contribution in [1.82, 2.24) is 14.8 Å². The molecule has 0 saturated heterocycles. The van der Waals surface area contributed by atoms with Crippen molar-refractivity contribution in [2.24, 2.45) is 0 Å². The first-order valence-electron chi connectivity index (χ1n) is 11.2. The molecule has 3 heterocycles. The van der Waals surface area contributed by atoms with Crippen molar-refractivity contribution in [1.29, 1.82) is 0 Å². The van der Waals surface area contributed by atoms with Crippen molar-refractivity contribution in [3.63, 3.8) is 0 Å². The molecule has 174 valence electrons. The van der Waals surface area contributed by atoms with E-state index in [4.69, 9.17) is 13.9 Å². The largest absolute Gasteiger partial charge is 0.502 e. The fourth-order valence-corrected chi connectivity index (χ4v) is 5.16. The van der Waals surface area contributed by atoms with E-state index in [0.717, 1.165) is 31.1 Å². The molecule has 9 heteroatoms. The van der Waals surface area contributed by atoms with Crippen LogP contribution in [-0.4, -0.2) is 34.1 Å². The second-order valence-corrected chi connectivity index (χ2v) is 8.67. The number of pyridine rings is 1. The molecule has 0 bridgehead atoms. The van der Waals surface area contributed by atoms with Gasteiger partial charge in [-0.05, 0) is 42.7 Å². The first-order valence-corrected chi connectivity index (χ1v) is 11.2. The van der Waals surface area contributed by atoms with Gasteiger partial charge in [-0.15, -0.1) is 0 Å². The number of phenols is 1. The van der Waals surface area contributed by atoms with Crippen LogP contribution < -0.4 is 20.5 Å². The van der Waals surface area contributed by atoms with Crippen LogP contribution in [-0.2, 0) is 0 Å². The topological polar surface area (TPSA) is 122 Å². The molecule has 1 aliphatic rings. The predicted molar refractivity (Wildman–Crippen MR) is 128 cm³/mol. The van der Waals surface area contributed by atoms with Crippen molar-refractivity contribution in [3.8, 4) is 28.4 Å². The second-order valence-electron chi connectivity index (χ2n) is 8.67. The Kier molecular flexibility index (Phi) is 4.48. The van der Waals surface area contributed by atoms with E-state index in [1.807, 2.05) is 4.68 Å². The van der Waals surface area contributed by atoms with Gasteiger partial charge in [0.25, 0.3) is 5.56 Å². The molecule has 1 aliphatic carbocycles. The van der Waals surface area contributed by atoms with Crippen molar-refractivity contribution in [2.75, 3.05) is 14.2 Å². The van der Waals surface area contributed by atoms with E-state index in [9.17, 15) is 14.7 Å². The molecular weight excluding hydrogens is 438 g/mol. The fourth-order valence-electron chi connectivity index (χ4n) is 5.16. The summed E-state index contributed by atoms with van der Waals surface area (Å²) in [5.41, 5.74) is 2.86. The number of nitrogens with zero attached hydrogens (tertiary/aromatic N) is 1. The predicted octanol–water partition coefficient (Wildman–Crippen LogP) is 4.42. The number of phenolic OH excluding ortho intramolecular Hbond substituents is 1. The van der Waals surface area contributed by atoms with Gasteiger partial charge in [0.15, 0.2) is 22.5 Å². The minimum Gasteiger partial charge on any atom is -0.502 e. The molecule has 9 nitrogen and oxygen atoms in total. The van der Waals surface area contributed by atoms with Gasteiger partial charge in [-0.2, -0.15) is 0 Å². The van der Waals surface area contributed by atoms with Crippen LogP contribution in [0.3, 0.4) is 0 Å². The molecule has 5 aromatic rings. The van der Waals surface area contributed by atoms with Gasteiger partial charge in [-0.25, -0.2) is 0 Å². The van der Waals surface area contributed by atoms with E-state index in [1.165, 1.54) is 26.4 Å². The van der Waals surface area contributed by atoms with Crippen LogP contribution in [0.1, 0.15) is 31.7 Å². The first-order chi connectivity index (χ1) is 16.5. The van der Waals surface area contributed by atoms with Crippen molar-refractivity contribution < 1.29 is 19.0 Å². The summed E-state index contributed by atoms with van der Waals surface area (Å²) in [4.78, 5) is 28.8. The Morgan fingerprint density at radius 2 is 1.76 bits per heavy atom. The first kappa shape index (κ1) is 20.5. The summed E-state index contributed by atoms with van der Waals surface area (Å²) in [6, 6.07) is 8.11. The molecule has 3 N–H and O–H groups in total. The number of aromatic amines is 2. The lowest BCUT2D eigenvalue weighted by atomic mass is 10.0. The van der Waals surface area contributed by atoms with Gasteiger partial charge in [0.1, 0.15) is 11.2 Å².